The molecular weight excluding hydrogens is 272 g/mol. The highest BCUT2D eigenvalue weighted by Crippen LogP contribution is 2.31. The van der Waals surface area contributed by atoms with Crippen molar-refractivity contribution >= 4 is 11.6 Å². The summed E-state index contributed by atoms with van der Waals surface area (Å²) in [7, 11) is 0. The molecule has 3 rings (SSSR count). The quantitative estimate of drug-likeness (QED) is 0.904. The molecule has 3 nitrogen and oxygen atoms in total. The average molecular weight is 295 g/mol. The van der Waals surface area contributed by atoms with Gasteiger partial charge in [0.15, 0.2) is 0 Å². The van der Waals surface area contributed by atoms with Crippen molar-refractivity contribution in [3.8, 4) is 5.75 Å². The number of ether oxygens (including phenoxy) is 1. The van der Waals surface area contributed by atoms with E-state index in [1.54, 1.807) is 0 Å². The molecule has 4 heteroatoms. The van der Waals surface area contributed by atoms with Crippen LogP contribution >= 0.6 is 11.6 Å². The van der Waals surface area contributed by atoms with Gasteiger partial charge in [-0.3, -0.25) is 4.90 Å². The second-order valence-electron chi connectivity index (χ2n) is 5.84. The molecule has 0 aromatic heterocycles. The van der Waals surface area contributed by atoms with E-state index >= 15 is 0 Å². The fraction of sp³-hybridized carbons (Fsp3) is 0.625. The maximum atomic E-state index is 6.04. The lowest BCUT2D eigenvalue weighted by atomic mass is 10.1. The van der Waals surface area contributed by atoms with Crippen LogP contribution in [0.4, 0.5) is 0 Å². The van der Waals surface area contributed by atoms with Crippen LogP contribution in [0.1, 0.15) is 25.3 Å². The summed E-state index contributed by atoms with van der Waals surface area (Å²) in [5.41, 5.74) is 1.25. The first kappa shape index (κ1) is 14.2. The Bertz CT molecular complexity index is 460. The standard InChI is InChI=1S/C16H23ClN2O/c1-2-19(10-14-4-3-7-18-14)11-15-9-12-8-13(17)5-6-16(12)20-15/h5-6,8,14-15,18H,2-4,7,9-11H2,1H3. The summed E-state index contributed by atoms with van der Waals surface area (Å²) in [6.45, 7) is 6.61. The molecule has 1 aromatic carbocycles. The molecule has 1 saturated heterocycles. The van der Waals surface area contributed by atoms with Crippen molar-refractivity contribution in [2.24, 2.45) is 0 Å². The van der Waals surface area contributed by atoms with E-state index in [9.17, 15) is 0 Å². The minimum Gasteiger partial charge on any atom is -0.488 e. The molecule has 2 heterocycles. The van der Waals surface area contributed by atoms with E-state index in [0.717, 1.165) is 36.8 Å². The summed E-state index contributed by atoms with van der Waals surface area (Å²) >= 11 is 6.04. The molecule has 0 bridgehead atoms. The monoisotopic (exact) mass is 294 g/mol. The second-order valence-corrected chi connectivity index (χ2v) is 6.28. The third-order valence-corrected chi connectivity index (χ3v) is 4.55. The van der Waals surface area contributed by atoms with Crippen LogP contribution in [0, 0.1) is 0 Å². The third kappa shape index (κ3) is 3.27. The van der Waals surface area contributed by atoms with Crippen LogP contribution in [-0.4, -0.2) is 43.2 Å². The molecule has 0 radical (unpaired) electrons. The van der Waals surface area contributed by atoms with E-state index in [2.05, 4.69) is 17.1 Å². The van der Waals surface area contributed by atoms with Crippen LogP contribution in [0.2, 0.25) is 5.02 Å². The largest absolute Gasteiger partial charge is 0.488 e. The maximum Gasteiger partial charge on any atom is 0.123 e. The van der Waals surface area contributed by atoms with Crippen molar-refractivity contribution in [2.75, 3.05) is 26.2 Å². The van der Waals surface area contributed by atoms with Gasteiger partial charge in [0.2, 0.25) is 0 Å². The summed E-state index contributed by atoms with van der Waals surface area (Å²) in [4.78, 5) is 2.50. The van der Waals surface area contributed by atoms with E-state index in [4.69, 9.17) is 16.3 Å². The molecule has 2 atom stereocenters. The van der Waals surface area contributed by atoms with Crippen molar-refractivity contribution < 1.29 is 4.74 Å². The van der Waals surface area contributed by atoms with Crippen LogP contribution in [0.3, 0.4) is 0 Å². The fourth-order valence-electron chi connectivity index (χ4n) is 3.24. The molecule has 2 aliphatic heterocycles. The number of halogens is 1. The predicted octanol–water partition coefficient (Wildman–Crippen LogP) is 2.72. The first-order chi connectivity index (χ1) is 9.74. The first-order valence-corrected chi connectivity index (χ1v) is 8.03. The van der Waals surface area contributed by atoms with Gasteiger partial charge in [-0.05, 0) is 49.7 Å². The minimum atomic E-state index is 0.268. The number of benzene rings is 1. The Balaban J connectivity index is 1.55. The SMILES string of the molecule is CCN(CC1CCCN1)CC1Cc2cc(Cl)ccc2O1. The van der Waals surface area contributed by atoms with Gasteiger partial charge < -0.3 is 10.1 Å². The maximum absolute atomic E-state index is 6.04. The highest BCUT2D eigenvalue weighted by molar-refractivity contribution is 6.30. The highest BCUT2D eigenvalue weighted by atomic mass is 35.5. The summed E-state index contributed by atoms with van der Waals surface area (Å²) in [6.07, 6.45) is 3.86. The number of nitrogens with zero attached hydrogens (tertiary/aromatic N) is 1. The molecule has 1 aromatic rings. The van der Waals surface area contributed by atoms with E-state index in [1.165, 1.54) is 24.9 Å². The zero-order valence-corrected chi connectivity index (χ0v) is 12.8. The van der Waals surface area contributed by atoms with Crippen LogP contribution in [0.5, 0.6) is 5.75 Å². The smallest absolute Gasteiger partial charge is 0.123 e. The molecule has 1 fully saturated rings. The predicted molar refractivity (Wildman–Crippen MR) is 82.7 cm³/mol. The van der Waals surface area contributed by atoms with Crippen molar-refractivity contribution in [1.29, 1.82) is 0 Å². The normalized spacial score (nSPS) is 24.9. The van der Waals surface area contributed by atoms with E-state index in [-0.39, 0.29) is 6.10 Å². The van der Waals surface area contributed by atoms with Gasteiger partial charge >= 0.3 is 0 Å². The molecule has 1 N–H and O–H groups in total. The molecule has 0 saturated carbocycles. The van der Waals surface area contributed by atoms with Crippen molar-refractivity contribution in [1.82, 2.24) is 10.2 Å². The number of nitrogens with one attached hydrogen (secondary N) is 1. The third-order valence-electron chi connectivity index (χ3n) is 4.31. The van der Waals surface area contributed by atoms with E-state index in [0.29, 0.717) is 6.04 Å². The van der Waals surface area contributed by atoms with Gasteiger partial charge in [0.1, 0.15) is 11.9 Å². The summed E-state index contributed by atoms with van der Waals surface area (Å²) in [5, 5.41) is 4.37. The lowest BCUT2D eigenvalue weighted by Gasteiger charge is -2.26. The van der Waals surface area contributed by atoms with Crippen LogP contribution < -0.4 is 10.1 Å². The van der Waals surface area contributed by atoms with Gasteiger partial charge in [0.05, 0.1) is 0 Å². The Morgan fingerprint density at radius 2 is 2.30 bits per heavy atom. The Morgan fingerprint density at radius 3 is 3.05 bits per heavy atom. The molecule has 2 unspecified atom stereocenters. The molecule has 0 amide bonds. The Kier molecular flexibility index (Phi) is 4.49. The lowest BCUT2D eigenvalue weighted by molar-refractivity contribution is 0.147. The Hall–Kier alpha value is -0.770. The lowest BCUT2D eigenvalue weighted by Crippen LogP contribution is -2.42. The van der Waals surface area contributed by atoms with Crippen LogP contribution in [0.25, 0.3) is 0 Å². The zero-order valence-electron chi connectivity index (χ0n) is 12.1. The fourth-order valence-corrected chi connectivity index (χ4v) is 3.43. The van der Waals surface area contributed by atoms with Gasteiger partial charge in [-0.1, -0.05) is 18.5 Å². The second kappa shape index (κ2) is 6.33. The molecule has 20 heavy (non-hydrogen) atoms. The average Bonchev–Trinajstić information content (AvgIpc) is 3.06. The molecule has 0 spiro atoms. The van der Waals surface area contributed by atoms with Crippen molar-refractivity contribution in [3.05, 3.63) is 28.8 Å². The van der Waals surface area contributed by atoms with Crippen LogP contribution in [-0.2, 0) is 6.42 Å². The van der Waals surface area contributed by atoms with Gasteiger partial charge in [-0.2, -0.15) is 0 Å². The number of hydrogen-bond donors (Lipinski definition) is 1. The topological polar surface area (TPSA) is 24.5 Å². The molecular formula is C16H23ClN2O. The van der Waals surface area contributed by atoms with E-state index in [1.807, 2.05) is 18.2 Å². The number of likely N-dealkylation sites (N-methyl/N-ethyl adjacent to an activating group) is 1. The summed E-state index contributed by atoms with van der Waals surface area (Å²) in [5.74, 6) is 1.01. The number of hydrogen-bond acceptors (Lipinski definition) is 3. The zero-order chi connectivity index (χ0) is 13.9. The van der Waals surface area contributed by atoms with Crippen molar-refractivity contribution in [3.63, 3.8) is 0 Å². The van der Waals surface area contributed by atoms with Crippen molar-refractivity contribution in [2.45, 2.75) is 38.3 Å². The highest BCUT2D eigenvalue weighted by Gasteiger charge is 2.26. The van der Waals surface area contributed by atoms with E-state index < -0.39 is 0 Å². The van der Waals surface area contributed by atoms with Gasteiger partial charge in [0.25, 0.3) is 0 Å². The minimum absolute atomic E-state index is 0.268. The number of fused-ring (bicyclic) bond motifs is 1. The number of rotatable bonds is 5. The molecule has 2 aliphatic rings. The first-order valence-electron chi connectivity index (χ1n) is 7.65. The molecule has 0 aliphatic carbocycles. The Morgan fingerprint density at radius 1 is 1.40 bits per heavy atom. The van der Waals surface area contributed by atoms with Gasteiger partial charge in [-0.25, -0.2) is 0 Å². The summed E-state index contributed by atoms with van der Waals surface area (Å²) in [6, 6.07) is 6.59. The van der Waals surface area contributed by atoms with Gasteiger partial charge in [-0.15, -0.1) is 0 Å². The Labute approximate surface area is 126 Å². The summed E-state index contributed by atoms with van der Waals surface area (Å²) < 4.78 is 6.04. The molecule has 110 valence electrons. The van der Waals surface area contributed by atoms with Gasteiger partial charge in [0, 0.05) is 30.6 Å². The van der Waals surface area contributed by atoms with Crippen LogP contribution in [0.15, 0.2) is 18.2 Å².